The second-order valence-electron chi connectivity index (χ2n) is 4.35. The topological polar surface area (TPSA) is 35.8 Å². The minimum atomic E-state index is 0.273. The summed E-state index contributed by atoms with van der Waals surface area (Å²) in [6.45, 7) is 0. The van der Waals surface area contributed by atoms with E-state index >= 15 is 0 Å². The highest BCUT2D eigenvalue weighted by atomic mass is 32.2. The summed E-state index contributed by atoms with van der Waals surface area (Å²) >= 11 is 2.03. The maximum Gasteiger partial charge on any atom is 0.0672 e. The number of hydrogen-bond donors (Lipinski definition) is 1. The molecule has 2 rings (SSSR count). The van der Waals surface area contributed by atoms with Crippen molar-refractivity contribution in [2.75, 3.05) is 11.5 Å². The maximum atomic E-state index is 9.04. The second-order valence-corrected chi connectivity index (χ2v) is 5.50. The molecule has 0 spiro atoms. The van der Waals surface area contributed by atoms with Crippen molar-refractivity contribution in [3.8, 4) is 6.07 Å². The predicted octanol–water partition coefficient (Wildman–Crippen LogP) is 2.16. The first kappa shape index (κ1) is 10.3. The van der Waals surface area contributed by atoms with Gasteiger partial charge in [-0.05, 0) is 25.0 Å². The zero-order valence-electron chi connectivity index (χ0n) is 8.54. The van der Waals surface area contributed by atoms with Crippen LogP contribution in [-0.4, -0.2) is 23.6 Å². The summed E-state index contributed by atoms with van der Waals surface area (Å²) in [6, 6.07) is 3.62. The van der Waals surface area contributed by atoms with Crippen molar-refractivity contribution in [3.63, 3.8) is 0 Å². The van der Waals surface area contributed by atoms with Crippen LogP contribution < -0.4 is 5.32 Å². The van der Waals surface area contributed by atoms with Crippen molar-refractivity contribution in [1.82, 2.24) is 5.32 Å². The van der Waals surface area contributed by atoms with Crippen molar-refractivity contribution in [1.29, 1.82) is 5.26 Å². The van der Waals surface area contributed by atoms with E-state index in [4.69, 9.17) is 5.26 Å². The molecular weight excluding hydrogens is 192 g/mol. The van der Waals surface area contributed by atoms with Crippen molar-refractivity contribution in [2.24, 2.45) is 5.92 Å². The Kier molecular flexibility index (Phi) is 3.72. The van der Waals surface area contributed by atoms with Gasteiger partial charge in [-0.15, -0.1) is 0 Å². The maximum absolute atomic E-state index is 9.04. The van der Waals surface area contributed by atoms with Gasteiger partial charge >= 0.3 is 0 Å². The summed E-state index contributed by atoms with van der Waals surface area (Å²) < 4.78 is 0. The molecule has 2 fully saturated rings. The Bertz CT molecular complexity index is 218. The third-order valence-corrected chi connectivity index (χ3v) is 4.47. The van der Waals surface area contributed by atoms with Crippen LogP contribution in [-0.2, 0) is 0 Å². The number of nitrogens with zero attached hydrogens (tertiary/aromatic N) is 1. The Hall–Kier alpha value is -0.200. The smallest absolute Gasteiger partial charge is 0.0672 e. The minimum Gasteiger partial charge on any atom is -0.309 e. The fraction of sp³-hybridized carbons (Fsp3) is 0.909. The Morgan fingerprint density at radius 1 is 1.21 bits per heavy atom. The number of nitriles is 1. The Labute approximate surface area is 90.4 Å². The van der Waals surface area contributed by atoms with Gasteiger partial charge in [0.25, 0.3) is 0 Å². The SMILES string of the molecule is N#CC1CCCCC1NC1CCSC1. The van der Waals surface area contributed by atoms with Crippen LogP contribution in [0.5, 0.6) is 0 Å². The third-order valence-electron chi connectivity index (χ3n) is 3.31. The lowest BCUT2D eigenvalue weighted by molar-refractivity contribution is 0.292. The number of hydrogen-bond acceptors (Lipinski definition) is 3. The fourth-order valence-corrected chi connectivity index (χ4v) is 3.62. The van der Waals surface area contributed by atoms with Gasteiger partial charge in [0.15, 0.2) is 0 Å². The summed E-state index contributed by atoms with van der Waals surface area (Å²) in [6.07, 6.45) is 6.15. The molecule has 3 unspecified atom stereocenters. The van der Waals surface area contributed by atoms with Crippen molar-refractivity contribution >= 4 is 11.8 Å². The van der Waals surface area contributed by atoms with E-state index < -0.39 is 0 Å². The normalized spacial score (nSPS) is 38.1. The number of thioether (sulfide) groups is 1. The van der Waals surface area contributed by atoms with Crippen LogP contribution in [0.4, 0.5) is 0 Å². The molecule has 14 heavy (non-hydrogen) atoms. The zero-order chi connectivity index (χ0) is 9.80. The predicted molar refractivity (Wildman–Crippen MR) is 60.2 cm³/mol. The van der Waals surface area contributed by atoms with E-state index in [-0.39, 0.29) is 5.92 Å². The Morgan fingerprint density at radius 2 is 2.07 bits per heavy atom. The summed E-state index contributed by atoms with van der Waals surface area (Å²) in [5.41, 5.74) is 0. The van der Waals surface area contributed by atoms with Crippen LogP contribution >= 0.6 is 11.8 Å². The first-order chi connectivity index (χ1) is 6.90. The Morgan fingerprint density at radius 3 is 2.79 bits per heavy atom. The number of rotatable bonds is 2. The highest BCUT2D eigenvalue weighted by Crippen LogP contribution is 2.26. The van der Waals surface area contributed by atoms with Gasteiger partial charge in [-0.1, -0.05) is 12.8 Å². The molecule has 1 heterocycles. The van der Waals surface area contributed by atoms with Crippen LogP contribution in [0.2, 0.25) is 0 Å². The highest BCUT2D eigenvalue weighted by Gasteiger charge is 2.27. The fourth-order valence-electron chi connectivity index (χ4n) is 2.45. The van der Waals surface area contributed by atoms with Crippen LogP contribution in [0.3, 0.4) is 0 Å². The lowest BCUT2D eigenvalue weighted by Crippen LogP contribution is -2.44. The van der Waals surface area contributed by atoms with Gasteiger partial charge < -0.3 is 5.32 Å². The van der Waals surface area contributed by atoms with E-state index in [1.54, 1.807) is 0 Å². The first-order valence-electron chi connectivity index (χ1n) is 5.63. The lowest BCUT2D eigenvalue weighted by atomic mass is 9.85. The summed E-state index contributed by atoms with van der Waals surface area (Å²) in [4.78, 5) is 0. The standard InChI is InChI=1S/C11H18N2S/c12-7-9-3-1-2-4-11(9)13-10-5-6-14-8-10/h9-11,13H,1-6,8H2. The largest absolute Gasteiger partial charge is 0.309 e. The molecular formula is C11H18N2S. The number of nitrogens with one attached hydrogen (secondary N) is 1. The Balaban J connectivity index is 1.84. The quantitative estimate of drug-likeness (QED) is 0.758. The van der Waals surface area contributed by atoms with Crippen molar-refractivity contribution in [2.45, 2.75) is 44.2 Å². The molecule has 0 radical (unpaired) electrons. The summed E-state index contributed by atoms with van der Waals surface area (Å²) in [7, 11) is 0. The molecule has 0 bridgehead atoms. The van der Waals surface area contributed by atoms with Gasteiger partial charge in [0.2, 0.25) is 0 Å². The van der Waals surface area contributed by atoms with E-state index in [0.717, 1.165) is 6.42 Å². The zero-order valence-corrected chi connectivity index (χ0v) is 9.35. The molecule has 0 aromatic heterocycles. The molecule has 1 saturated heterocycles. The molecule has 1 aliphatic heterocycles. The van der Waals surface area contributed by atoms with Crippen LogP contribution in [0, 0.1) is 17.2 Å². The van der Waals surface area contributed by atoms with Crippen LogP contribution in [0.15, 0.2) is 0 Å². The van der Waals surface area contributed by atoms with Gasteiger partial charge in [-0.2, -0.15) is 17.0 Å². The molecule has 0 amide bonds. The molecule has 1 aliphatic carbocycles. The molecule has 0 aromatic carbocycles. The van der Waals surface area contributed by atoms with Crippen molar-refractivity contribution in [3.05, 3.63) is 0 Å². The lowest BCUT2D eigenvalue weighted by Gasteiger charge is -2.30. The van der Waals surface area contributed by atoms with Gasteiger partial charge in [0.05, 0.1) is 12.0 Å². The van der Waals surface area contributed by atoms with E-state index in [9.17, 15) is 0 Å². The average molecular weight is 210 g/mol. The molecule has 2 aliphatic rings. The van der Waals surface area contributed by atoms with E-state index in [1.165, 1.54) is 37.2 Å². The molecule has 2 nitrogen and oxygen atoms in total. The van der Waals surface area contributed by atoms with Gasteiger partial charge in [-0.3, -0.25) is 0 Å². The third kappa shape index (κ3) is 2.43. The van der Waals surface area contributed by atoms with Crippen LogP contribution in [0.25, 0.3) is 0 Å². The minimum absolute atomic E-state index is 0.273. The summed E-state index contributed by atoms with van der Waals surface area (Å²) in [5, 5.41) is 12.7. The van der Waals surface area contributed by atoms with E-state index in [0.29, 0.717) is 12.1 Å². The molecule has 1 N–H and O–H groups in total. The monoisotopic (exact) mass is 210 g/mol. The molecule has 3 atom stereocenters. The molecule has 1 saturated carbocycles. The first-order valence-corrected chi connectivity index (χ1v) is 6.79. The average Bonchev–Trinajstić information content (AvgIpc) is 2.71. The second kappa shape index (κ2) is 5.04. The van der Waals surface area contributed by atoms with E-state index in [2.05, 4.69) is 11.4 Å². The van der Waals surface area contributed by atoms with Crippen molar-refractivity contribution < 1.29 is 0 Å². The molecule has 3 heteroatoms. The molecule has 0 aromatic rings. The summed E-state index contributed by atoms with van der Waals surface area (Å²) in [5.74, 6) is 2.81. The van der Waals surface area contributed by atoms with E-state index in [1.807, 2.05) is 11.8 Å². The highest BCUT2D eigenvalue weighted by molar-refractivity contribution is 7.99. The van der Waals surface area contributed by atoms with Gasteiger partial charge in [0, 0.05) is 17.8 Å². The van der Waals surface area contributed by atoms with Gasteiger partial charge in [-0.25, -0.2) is 0 Å². The van der Waals surface area contributed by atoms with Gasteiger partial charge in [0.1, 0.15) is 0 Å². The molecule has 78 valence electrons. The van der Waals surface area contributed by atoms with Crippen LogP contribution in [0.1, 0.15) is 32.1 Å².